The van der Waals surface area contributed by atoms with E-state index in [1.54, 1.807) is 6.92 Å². The second-order valence-electron chi connectivity index (χ2n) is 8.56. The average molecular weight is 525 g/mol. The Hall–Kier alpha value is -3.10. The Kier molecular flexibility index (Phi) is 12.4. The molecule has 2 rings (SSSR count). The van der Waals surface area contributed by atoms with Gasteiger partial charge in [0, 0.05) is 7.05 Å². The lowest BCUT2D eigenvalue weighted by atomic mass is 10.0. The average Bonchev–Trinajstić information content (AvgIpc) is 3.17. The number of amides is 3. The molecule has 0 saturated carbocycles. The molecular weight excluding hydrogens is 488 g/mol. The van der Waals surface area contributed by atoms with Crippen molar-refractivity contribution in [3.8, 4) is 0 Å². The Labute approximate surface area is 215 Å². The first-order chi connectivity index (χ1) is 17.6. The maximum absolute atomic E-state index is 13.3. The number of nitrogens with zero attached hydrogens (tertiary/aromatic N) is 3. The van der Waals surface area contributed by atoms with Crippen molar-refractivity contribution in [3.63, 3.8) is 0 Å². The lowest BCUT2D eigenvalue weighted by Crippen LogP contribution is -2.55. The van der Waals surface area contributed by atoms with Crippen molar-refractivity contribution in [1.82, 2.24) is 20.5 Å². The number of hydrogen-bond acceptors (Lipinski definition) is 11. The van der Waals surface area contributed by atoms with E-state index in [9.17, 15) is 19.2 Å². The van der Waals surface area contributed by atoms with Crippen LogP contribution in [0.25, 0.3) is 0 Å². The fraction of sp³-hybridized carbons (Fsp3) is 0.583. The van der Waals surface area contributed by atoms with Gasteiger partial charge in [0.15, 0.2) is 6.04 Å². The number of carbonyl (C=O) groups is 4. The van der Waals surface area contributed by atoms with Gasteiger partial charge in [-0.1, -0.05) is 30.3 Å². The number of likely N-dealkylation sites (N-methyl/N-ethyl adjacent to an activating group) is 1. The van der Waals surface area contributed by atoms with Crippen LogP contribution in [-0.2, 0) is 35.1 Å². The first-order valence-corrected chi connectivity index (χ1v) is 12.2. The summed E-state index contributed by atoms with van der Waals surface area (Å²) in [5.74, 6) is -1.91. The molecule has 13 heteroatoms. The van der Waals surface area contributed by atoms with Gasteiger partial charge in [0.1, 0.15) is 6.04 Å². The van der Waals surface area contributed by atoms with E-state index in [1.807, 2.05) is 30.3 Å². The van der Waals surface area contributed by atoms with Crippen molar-refractivity contribution in [1.29, 1.82) is 0 Å². The highest BCUT2D eigenvalue weighted by Crippen LogP contribution is 2.18. The van der Waals surface area contributed by atoms with Crippen LogP contribution in [0, 0.1) is 0 Å². The Balaban J connectivity index is 2.00. The molecule has 1 aliphatic heterocycles. The van der Waals surface area contributed by atoms with Crippen molar-refractivity contribution < 1.29 is 43.9 Å². The summed E-state index contributed by atoms with van der Waals surface area (Å²) in [6.07, 6.45) is 1.67. The van der Waals surface area contributed by atoms with Crippen LogP contribution in [0.1, 0.15) is 38.7 Å². The van der Waals surface area contributed by atoms with Crippen LogP contribution >= 0.6 is 0 Å². The van der Waals surface area contributed by atoms with E-state index >= 15 is 0 Å². The number of nitrogens with one attached hydrogen (secondary N) is 1. The van der Waals surface area contributed by atoms with Gasteiger partial charge < -0.3 is 14.4 Å². The van der Waals surface area contributed by atoms with E-state index in [1.165, 1.54) is 18.9 Å². The maximum Gasteiger partial charge on any atom is 0.331 e. The highest BCUT2D eigenvalue weighted by atomic mass is 17.1. The molecule has 1 aromatic rings. The van der Waals surface area contributed by atoms with Gasteiger partial charge >= 0.3 is 18.0 Å². The molecule has 13 nitrogen and oxygen atoms in total. The van der Waals surface area contributed by atoms with Crippen LogP contribution in [0.3, 0.4) is 0 Å². The fourth-order valence-electron chi connectivity index (χ4n) is 3.83. The molecule has 0 bridgehead atoms. The number of hydrogen-bond donors (Lipinski definition) is 3. The summed E-state index contributed by atoms with van der Waals surface area (Å²) >= 11 is 0. The molecule has 0 radical (unpaired) electrons. The zero-order valence-electron chi connectivity index (χ0n) is 21.4. The molecule has 37 heavy (non-hydrogen) atoms. The molecule has 1 aromatic carbocycles. The SMILES string of the molecule is CCOC(=O)C(CCc1ccccc1)NC(C)C(=O)N1C(=O)N(C)CC1C(=O)OCCCCON(O)O. The Bertz CT molecular complexity index is 899. The molecule has 0 aromatic heterocycles. The molecule has 1 saturated heterocycles. The number of esters is 2. The topological polar surface area (TPSA) is 158 Å². The van der Waals surface area contributed by atoms with Crippen LogP contribution in [0.15, 0.2) is 30.3 Å². The largest absolute Gasteiger partial charge is 0.465 e. The van der Waals surface area contributed by atoms with Crippen LogP contribution < -0.4 is 5.32 Å². The minimum atomic E-state index is -1.14. The van der Waals surface area contributed by atoms with Gasteiger partial charge in [-0.2, -0.15) is 0 Å². The quantitative estimate of drug-likeness (QED) is 0.172. The minimum absolute atomic E-state index is 0.00506. The van der Waals surface area contributed by atoms with E-state index in [0.29, 0.717) is 25.7 Å². The molecule has 3 atom stereocenters. The highest BCUT2D eigenvalue weighted by molar-refractivity contribution is 6.03. The number of rotatable bonds is 15. The maximum atomic E-state index is 13.3. The lowest BCUT2D eigenvalue weighted by molar-refractivity contribution is -0.492. The lowest BCUT2D eigenvalue weighted by Gasteiger charge is -2.26. The van der Waals surface area contributed by atoms with Gasteiger partial charge in [-0.3, -0.25) is 30.2 Å². The van der Waals surface area contributed by atoms with Crippen LogP contribution in [-0.4, -0.2) is 101 Å². The first-order valence-electron chi connectivity index (χ1n) is 12.2. The predicted molar refractivity (Wildman–Crippen MR) is 128 cm³/mol. The number of carbonyl (C=O) groups excluding carboxylic acids is 4. The molecule has 1 heterocycles. The van der Waals surface area contributed by atoms with E-state index in [4.69, 9.17) is 19.9 Å². The molecular formula is C24H36N4O9. The molecule has 206 valence electrons. The normalized spacial score (nSPS) is 17.1. The number of benzene rings is 1. The fourth-order valence-corrected chi connectivity index (χ4v) is 3.83. The summed E-state index contributed by atoms with van der Waals surface area (Å²) in [5, 5.41) is 19.5. The molecule has 3 unspecified atom stereocenters. The summed E-state index contributed by atoms with van der Waals surface area (Å²) in [6.45, 7) is 3.35. The molecule has 0 aliphatic carbocycles. The van der Waals surface area contributed by atoms with Gasteiger partial charge in [0.05, 0.1) is 37.8 Å². The summed E-state index contributed by atoms with van der Waals surface area (Å²) < 4.78 is 10.4. The minimum Gasteiger partial charge on any atom is -0.465 e. The number of urea groups is 1. The van der Waals surface area contributed by atoms with Crippen molar-refractivity contribution in [3.05, 3.63) is 35.9 Å². The standard InChI is InChI=1S/C24H36N4O9/c1-4-35-22(30)19(13-12-18-10-6-5-7-11-18)25-17(2)21(29)27-20(16-26(3)24(27)32)23(31)36-14-8-9-15-37-28(33)34/h5-7,10-11,17,19-20,25,33-34H,4,8-9,12-16H2,1-3H3. The number of ether oxygens (including phenoxy) is 2. The van der Waals surface area contributed by atoms with E-state index in [2.05, 4.69) is 10.2 Å². The summed E-state index contributed by atoms with van der Waals surface area (Å²) in [4.78, 5) is 57.8. The zero-order chi connectivity index (χ0) is 27.4. The second-order valence-corrected chi connectivity index (χ2v) is 8.56. The highest BCUT2D eigenvalue weighted by Gasteiger charge is 2.46. The zero-order valence-corrected chi connectivity index (χ0v) is 21.4. The molecule has 3 N–H and O–H groups in total. The smallest absolute Gasteiger partial charge is 0.331 e. The summed E-state index contributed by atoms with van der Waals surface area (Å²) in [7, 11) is 1.47. The molecule has 3 amide bonds. The number of unbranched alkanes of at least 4 members (excludes halogenated alkanes) is 1. The van der Waals surface area contributed by atoms with E-state index in [-0.39, 0.29) is 26.4 Å². The van der Waals surface area contributed by atoms with Gasteiger partial charge in [0.2, 0.25) is 5.91 Å². The summed E-state index contributed by atoms with van der Waals surface area (Å²) in [6, 6.07) is 6.02. The van der Waals surface area contributed by atoms with Crippen molar-refractivity contribution in [2.45, 2.75) is 57.7 Å². The Morgan fingerprint density at radius 1 is 1.14 bits per heavy atom. The predicted octanol–water partition coefficient (Wildman–Crippen LogP) is 1.13. The molecule has 1 aliphatic rings. The monoisotopic (exact) mass is 524 g/mol. The van der Waals surface area contributed by atoms with Crippen molar-refractivity contribution >= 4 is 23.9 Å². The number of aryl methyl sites for hydroxylation is 1. The van der Waals surface area contributed by atoms with Crippen LogP contribution in [0.2, 0.25) is 0 Å². The van der Waals surface area contributed by atoms with Crippen LogP contribution in [0.4, 0.5) is 4.79 Å². The number of imide groups is 1. The molecule has 0 spiro atoms. The summed E-state index contributed by atoms with van der Waals surface area (Å²) in [5.41, 5.74) is 1.02. The third kappa shape index (κ3) is 9.37. The van der Waals surface area contributed by atoms with Gasteiger partial charge in [-0.25, -0.2) is 14.5 Å². The van der Waals surface area contributed by atoms with Crippen molar-refractivity contribution in [2.75, 3.05) is 33.4 Å². The van der Waals surface area contributed by atoms with Crippen LogP contribution in [0.5, 0.6) is 0 Å². The molecule has 1 fully saturated rings. The van der Waals surface area contributed by atoms with Crippen molar-refractivity contribution in [2.24, 2.45) is 0 Å². The van der Waals surface area contributed by atoms with E-state index < -0.39 is 47.4 Å². The van der Waals surface area contributed by atoms with Gasteiger partial charge in [-0.15, -0.1) is 0 Å². The first kappa shape index (κ1) is 30.1. The third-order valence-corrected chi connectivity index (χ3v) is 5.75. The van der Waals surface area contributed by atoms with Gasteiger partial charge in [0.25, 0.3) is 0 Å². The Morgan fingerprint density at radius 3 is 2.46 bits per heavy atom. The van der Waals surface area contributed by atoms with Gasteiger partial charge in [-0.05, 0) is 45.1 Å². The third-order valence-electron chi connectivity index (χ3n) is 5.75. The Morgan fingerprint density at radius 2 is 1.81 bits per heavy atom. The van der Waals surface area contributed by atoms with E-state index in [0.717, 1.165) is 10.5 Å². The second kappa shape index (κ2) is 15.2.